The van der Waals surface area contributed by atoms with Crippen LogP contribution in [0.1, 0.15) is 75.0 Å². The molecule has 0 radical (unpaired) electrons. The maximum Gasteiger partial charge on any atom is 0.247 e. The second-order valence-corrected chi connectivity index (χ2v) is 8.65. The smallest absolute Gasteiger partial charge is 0.247 e. The molecule has 0 unspecified atom stereocenters. The Morgan fingerprint density at radius 1 is 1.14 bits per heavy atom. The van der Waals surface area contributed by atoms with E-state index in [2.05, 4.69) is 11.4 Å². The number of carbonyl (C=O) groups excluding carboxylic acids is 2. The van der Waals surface area contributed by atoms with Crippen molar-refractivity contribution in [3.05, 3.63) is 47.0 Å². The van der Waals surface area contributed by atoms with E-state index in [0.717, 1.165) is 56.1 Å². The van der Waals surface area contributed by atoms with E-state index in [1.807, 2.05) is 31.2 Å². The van der Waals surface area contributed by atoms with Gasteiger partial charge in [-0.15, -0.1) is 11.6 Å². The van der Waals surface area contributed by atoms with Crippen molar-refractivity contribution in [2.75, 3.05) is 12.4 Å². The average molecular weight is 417 g/mol. The fraction of sp³-hybridized carbons (Fsp3) is 0.583. The van der Waals surface area contributed by atoms with E-state index in [4.69, 9.17) is 11.6 Å². The van der Waals surface area contributed by atoms with Crippen molar-refractivity contribution in [3.8, 4) is 0 Å². The number of nitrogens with one attached hydrogen (secondary N) is 1. The van der Waals surface area contributed by atoms with Crippen LogP contribution in [0.5, 0.6) is 0 Å². The fourth-order valence-electron chi connectivity index (χ4n) is 4.44. The first-order valence-electron chi connectivity index (χ1n) is 11.0. The molecule has 1 saturated carbocycles. The Balaban J connectivity index is 1.83. The number of carbonyl (C=O) groups is 2. The van der Waals surface area contributed by atoms with Crippen LogP contribution in [0.4, 0.5) is 0 Å². The summed E-state index contributed by atoms with van der Waals surface area (Å²) >= 11 is 5.96. The minimum Gasteiger partial charge on any atom is -0.351 e. The van der Waals surface area contributed by atoms with Crippen LogP contribution in [0.3, 0.4) is 0 Å². The molecule has 1 fully saturated rings. The first-order valence-corrected chi connectivity index (χ1v) is 11.5. The van der Waals surface area contributed by atoms with Gasteiger partial charge in [0, 0.05) is 12.6 Å². The molecule has 158 valence electrons. The largest absolute Gasteiger partial charge is 0.351 e. The van der Waals surface area contributed by atoms with Gasteiger partial charge in [0.05, 0.1) is 0 Å². The summed E-state index contributed by atoms with van der Waals surface area (Å²) in [5, 5.41) is 3.20. The number of rotatable bonds is 8. The molecule has 0 aliphatic heterocycles. The number of halogens is 1. The summed E-state index contributed by atoms with van der Waals surface area (Å²) in [6, 6.07) is 7.50. The van der Waals surface area contributed by atoms with E-state index in [0.29, 0.717) is 6.54 Å². The van der Waals surface area contributed by atoms with Crippen LogP contribution in [0.15, 0.2) is 35.9 Å². The number of amides is 2. The van der Waals surface area contributed by atoms with Gasteiger partial charge in [-0.1, -0.05) is 54.3 Å². The lowest BCUT2D eigenvalue weighted by atomic mass is 9.96. The zero-order valence-corrected chi connectivity index (χ0v) is 18.2. The molecule has 0 heterocycles. The molecule has 1 aromatic carbocycles. The summed E-state index contributed by atoms with van der Waals surface area (Å²) in [6.45, 7) is 2.54. The lowest BCUT2D eigenvalue weighted by Crippen LogP contribution is -2.47. The van der Waals surface area contributed by atoms with Crippen LogP contribution in [0.25, 0.3) is 0 Å². The van der Waals surface area contributed by atoms with E-state index in [9.17, 15) is 9.59 Å². The van der Waals surface area contributed by atoms with Gasteiger partial charge in [-0.3, -0.25) is 9.59 Å². The summed E-state index contributed by atoms with van der Waals surface area (Å²) < 4.78 is 0. The Labute approximate surface area is 179 Å². The van der Waals surface area contributed by atoms with Crippen LogP contribution in [0.2, 0.25) is 0 Å². The molecule has 3 rings (SSSR count). The van der Waals surface area contributed by atoms with Crippen molar-refractivity contribution in [1.29, 1.82) is 0 Å². The second kappa shape index (κ2) is 10.8. The van der Waals surface area contributed by atoms with Crippen molar-refractivity contribution >= 4 is 23.4 Å². The highest BCUT2D eigenvalue weighted by atomic mass is 35.5. The lowest BCUT2D eigenvalue weighted by molar-refractivity contribution is -0.139. The Kier molecular flexibility index (Phi) is 8.17. The van der Waals surface area contributed by atoms with Crippen LogP contribution in [0, 0.1) is 6.92 Å². The third-order valence-electron chi connectivity index (χ3n) is 6.15. The van der Waals surface area contributed by atoms with Crippen molar-refractivity contribution in [2.24, 2.45) is 0 Å². The standard InChI is InChI=1S/C24H33ClN2O2/c1-18-11-13-20(14-12-18)23(24(29)26-21-9-5-6-10-21)27(22(28)17-25)16-15-19-7-3-2-4-8-19/h7,11-14,21,23H,2-6,8-10,15-17H2,1H3,(H,26,29)/t23-/m1/s1. The van der Waals surface area contributed by atoms with Gasteiger partial charge in [-0.2, -0.15) is 0 Å². The third kappa shape index (κ3) is 6.08. The third-order valence-corrected chi connectivity index (χ3v) is 6.38. The van der Waals surface area contributed by atoms with Crippen molar-refractivity contribution in [1.82, 2.24) is 10.2 Å². The lowest BCUT2D eigenvalue weighted by Gasteiger charge is -2.32. The summed E-state index contributed by atoms with van der Waals surface area (Å²) in [4.78, 5) is 27.8. The monoisotopic (exact) mass is 416 g/mol. The molecule has 4 nitrogen and oxygen atoms in total. The maximum absolute atomic E-state index is 13.3. The van der Waals surface area contributed by atoms with Crippen molar-refractivity contribution in [3.63, 3.8) is 0 Å². The minimum atomic E-state index is -0.633. The fourth-order valence-corrected chi connectivity index (χ4v) is 4.60. The number of hydrogen-bond acceptors (Lipinski definition) is 2. The number of nitrogens with zero attached hydrogens (tertiary/aromatic N) is 1. The zero-order valence-electron chi connectivity index (χ0n) is 17.5. The Hall–Kier alpha value is -1.81. The van der Waals surface area contributed by atoms with E-state index in [-0.39, 0.29) is 23.7 Å². The molecule has 0 saturated heterocycles. The zero-order chi connectivity index (χ0) is 20.6. The predicted octanol–water partition coefficient (Wildman–Crippen LogP) is 5.05. The highest BCUT2D eigenvalue weighted by Gasteiger charge is 2.32. The second-order valence-electron chi connectivity index (χ2n) is 8.38. The minimum absolute atomic E-state index is 0.0863. The van der Waals surface area contributed by atoms with Gasteiger partial charge in [0.15, 0.2) is 0 Å². The summed E-state index contributed by atoms with van der Waals surface area (Å²) in [5.74, 6) is -0.384. The van der Waals surface area contributed by atoms with Crippen LogP contribution >= 0.6 is 11.6 Å². The van der Waals surface area contributed by atoms with Gasteiger partial charge in [0.1, 0.15) is 11.9 Å². The number of allylic oxidation sites excluding steroid dienone is 1. The number of benzene rings is 1. The van der Waals surface area contributed by atoms with E-state index in [1.165, 1.54) is 18.4 Å². The summed E-state index contributed by atoms with van der Waals surface area (Å²) in [7, 11) is 0. The topological polar surface area (TPSA) is 49.4 Å². The van der Waals surface area contributed by atoms with Crippen molar-refractivity contribution < 1.29 is 9.59 Å². The molecule has 2 amide bonds. The van der Waals surface area contributed by atoms with Crippen molar-refractivity contribution in [2.45, 2.75) is 76.8 Å². The molecule has 29 heavy (non-hydrogen) atoms. The Morgan fingerprint density at radius 2 is 1.86 bits per heavy atom. The Bertz CT molecular complexity index is 723. The molecule has 2 aliphatic carbocycles. The van der Waals surface area contributed by atoms with Crippen LogP contribution in [-0.4, -0.2) is 35.2 Å². The van der Waals surface area contributed by atoms with E-state index < -0.39 is 6.04 Å². The van der Waals surface area contributed by atoms with Gasteiger partial charge < -0.3 is 10.2 Å². The molecular weight excluding hydrogens is 384 g/mol. The van der Waals surface area contributed by atoms with Gasteiger partial charge in [0.2, 0.25) is 11.8 Å². The first-order chi connectivity index (χ1) is 14.1. The van der Waals surface area contributed by atoms with E-state index in [1.54, 1.807) is 4.90 Å². The molecule has 1 atom stereocenters. The SMILES string of the molecule is Cc1ccc([C@H](C(=O)NC2CCCC2)N(CCC2=CCCCC2)C(=O)CCl)cc1. The van der Waals surface area contributed by atoms with Gasteiger partial charge in [-0.25, -0.2) is 0 Å². The molecule has 1 aromatic rings. The quantitative estimate of drug-likeness (QED) is 0.476. The number of alkyl halides is 1. The highest BCUT2D eigenvalue weighted by molar-refractivity contribution is 6.27. The summed E-state index contributed by atoms with van der Waals surface area (Å²) in [5.41, 5.74) is 3.37. The molecule has 0 aromatic heterocycles. The predicted molar refractivity (Wildman–Crippen MR) is 118 cm³/mol. The van der Waals surface area contributed by atoms with Gasteiger partial charge in [-0.05, 0) is 57.4 Å². The maximum atomic E-state index is 13.3. The van der Waals surface area contributed by atoms with Crippen LogP contribution < -0.4 is 5.32 Å². The Morgan fingerprint density at radius 3 is 2.48 bits per heavy atom. The molecule has 0 bridgehead atoms. The molecule has 0 spiro atoms. The number of hydrogen-bond donors (Lipinski definition) is 1. The molecular formula is C24H33ClN2O2. The van der Waals surface area contributed by atoms with Crippen LogP contribution in [-0.2, 0) is 9.59 Å². The van der Waals surface area contributed by atoms with Gasteiger partial charge in [0.25, 0.3) is 0 Å². The molecule has 1 N–H and O–H groups in total. The summed E-state index contributed by atoms with van der Waals surface area (Å²) in [6.07, 6.45) is 12.1. The number of aryl methyl sites for hydroxylation is 1. The molecule has 2 aliphatic rings. The molecule has 5 heteroatoms. The van der Waals surface area contributed by atoms with E-state index >= 15 is 0 Å². The first kappa shape index (κ1) is 21.9. The van der Waals surface area contributed by atoms with Gasteiger partial charge >= 0.3 is 0 Å². The normalized spacial score (nSPS) is 18.2. The highest BCUT2D eigenvalue weighted by Crippen LogP contribution is 2.27. The average Bonchev–Trinajstić information content (AvgIpc) is 3.25.